The molecule has 0 aliphatic rings. The average Bonchev–Trinajstić information content (AvgIpc) is 2.30. The summed E-state index contributed by atoms with van der Waals surface area (Å²) in [5.74, 6) is 0.423. The number of para-hydroxylation sites is 2. The van der Waals surface area contributed by atoms with Crippen molar-refractivity contribution in [2.45, 2.75) is 0 Å². The molecule has 2 aromatic carbocycles. The van der Waals surface area contributed by atoms with Gasteiger partial charge in [0.2, 0.25) is 0 Å². The fourth-order valence-corrected chi connectivity index (χ4v) is 1.93. The Hall–Kier alpha value is -0.01000. The molecule has 0 aliphatic heterocycles. The minimum absolute atomic E-state index is 0. The quantitative estimate of drug-likeness (QED) is 0.553. The molecule has 4 nitrogen and oxygen atoms in total. The Morgan fingerprint density at radius 3 is 1.32 bits per heavy atom. The van der Waals surface area contributed by atoms with E-state index in [4.69, 9.17) is 8.37 Å². The van der Waals surface area contributed by atoms with E-state index in [0.717, 1.165) is 0 Å². The molecule has 7 heteroatoms. The van der Waals surface area contributed by atoms with Gasteiger partial charge in [-0.15, -0.1) is 8.42 Å². The Balaban J connectivity index is -0.000000810. The molecule has 0 atom stereocenters. The number of rotatable bonds is 4. The zero-order chi connectivity index (χ0) is 12.1. The summed E-state index contributed by atoms with van der Waals surface area (Å²) in [6, 6.07) is 16.4. The number of benzene rings is 2. The summed E-state index contributed by atoms with van der Waals surface area (Å²) >= 11 is 0. The third kappa shape index (κ3) is 6.81. The SMILES string of the molecule is O=S(=O)(Oc1ccccc1)Oc1ccccc1.[H-].[H-].[Na+].[Na+]. The summed E-state index contributed by atoms with van der Waals surface area (Å²) in [6.45, 7) is 0. The van der Waals surface area contributed by atoms with E-state index in [0.29, 0.717) is 0 Å². The molecule has 2 rings (SSSR count). The minimum atomic E-state index is -4.09. The van der Waals surface area contributed by atoms with Crippen molar-refractivity contribution in [1.82, 2.24) is 0 Å². The van der Waals surface area contributed by atoms with E-state index in [2.05, 4.69) is 0 Å². The zero-order valence-corrected chi connectivity index (χ0v) is 15.6. The van der Waals surface area contributed by atoms with Crippen molar-refractivity contribution in [2.75, 3.05) is 0 Å². The van der Waals surface area contributed by atoms with E-state index in [1.165, 1.54) is 24.3 Å². The molecule has 2 aromatic rings. The molecule has 0 spiro atoms. The molecule has 0 N–H and O–H groups in total. The normalized spacial score (nSPS) is 9.68. The van der Waals surface area contributed by atoms with Gasteiger partial charge in [0.15, 0.2) is 0 Å². The van der Waals surface area contributed by atoms with Gasteiger partial charge in [-0.2, -0.15) is 0 Å². The first kappa shape index (κ1) is 19.0. The van der Waals surface area contributed by atoms with E-state index in [-0.39, 0.29) is 73.5 Å². The van der Waals surface area contributed by atoms with Gasteiger partial charge in [0.1, 0.15) is 11.5 Å². The molecule has 0 fully saturated rings. The molecular formula is C12H12Na2O4S. The van der Waals surface area contributed by atoms with Crippen LogP contribution in [0.1, 0.15) is 2.85 Å². The predicted molar refractivity (Wildman–Crippen MR) is 65.3 cm³/mol. The number of hydrogen-bond acceptors (Lipinski definition) is 4. The van der Waals surface area contributed by atoms with Gasteiger partial charge in [-0.25, -0.2) is 0 Å². The third-order valence-corrected chi connectivity index (χ3v) is 2.68. The predicted octanol–water partition coefficient (Wildman–Crippen LogP) is -3.38. The zero-order valence-electron chi connectivity index (χ0n) is 12.8. The maximum Gasteiger partial charge on any atom is 1.00 e. The molecule has 0 unspecified atom stereocenters. The van der Waals surface area contributed by atoms with Crippen LogP contribution in [0.4, 0.5) is 0 Å². The van der Waals surface area contributed by atoms with Gasteiger partial charge in [-0.1, -0.05) is 36.4 Å². The van der Waals surface area contributed by atoms with Gasteiger partial charge >= 0.3 is 69.5 Å². The van der Waals surface area contributed by atoms with Crippen LogP contribution in [-0.2, 0) is 10.4 Å². The van der Waals surface area contributed by atoms with Crippen LogP contribution in [0.5, 0.6) is 11.5 Å². The van der Waals surface area contributed by atoms with Crippen molar-refractivity contribution in [2.24, 2.45) is 0 Å². The van der Waals surface area contributed by atoms with Crippen LogP contribution >= 0.6 is 0 Å². The Bertz CT molecular complexity index is 535. The van der Waals surface area contributed by atoms with E-state index < -0.39 is 10.4 Å². The smallest absolute Gasteiger partial charge is 1.00 e. The summed E-state index contributed by atoms with van der Waals surface area (Å²) in [6.07, 6.45) is 0. The summed E-state index contributed by atoms with van der Waals surface area (Å²) < 4.78 is 32.6. The van der Waals surface area contributed by atoms with Crippen molar-refractivity contribution in [1.29, 1.82) is 0 Å². The molecule has 0 bridgehead atoms. The van der Waals surface area contributed by atoms with Crippen LogP contribution in [0.25, 0.3) is 0 Å². The molecule has 0 aromatic heterocycles. The Kier molecular flexibility index (Phi) is 9.02. The first-order valence-corrected chi connectivity index (χ1v) is 6.23. The van der Waals surface area contributed by atoms with Crippen LogP contribution < -0.4 is 67.5 Å². The fourth-order valence-electron chi connectivity index (χ4n) is 1.20. The van der Waals surface area contributed by atoms with Gasteiger partial charge in [0.05, 0.1) is 0 Å². The molecule has 19 heavy (non-hydrogen) atoms. The summed E-state index contributed by atoms with van der Waals surface area (Å²) in [7, 11) is -4.09. The Labute approximate surface area is 160 Å². The largest absolute Gasteiger partial charge is 1.00 e. The van der Waals surface area contributed by atoms with Crippen molar-refractivity contribution in [3.8, 4) is 11.5 Å². The van der Waals surface area contributed by atoms with Crippen molar-refractivity contribution in [3.05, 3.63) is 60.7 Å². The topological polar surface area (TPSA) is 52.6 Å². The van der Waals surface area contributed by atoms with Crippen molar-refractivity contribution >= 4 is 10.4 Å². The monoisotopic (exact) mass is 298 g/mol. The van der Waals surface area contributed by atoms with E-state index in [1.54, 1.807) is 36.4 Å². The third-order valence-electron chi connectivity index (χ3n) is 1.88. The molecule has 0 saturated carbocycles. The molecular weight excluding hydrogens is 286 g/mol. The van der Waals surface area contributed by atoms with E-state index >= 15 is 0 Å². The van der Waals surface area contributed by atoms with Crippen LogP contribution in [-0.4, -0.2) is 8.42 Å². The summed E-state index contributed by atoms with van der Waals surface area (Å²) in [4.78, 5) is 0. The second-order valence-electron chi connectivity index (χ2n) is 3.20. The van der Waals surface area contributed by atoms with Crippen molar-refractivity contribution in [3.63, 3.8) is 0 Å². The first-order valence-electron chi connectivity index (χ1n) is 4.90. The standard InChI is InChI=1S/C12H10O4S.2Na.2H/c13-17(14,15-11-7-3-1-4-8-11)16-12-9-5-2-6-10-12;;;;/h1-10H;;;;/q;2*+1;2*-1. The first-order chi connectivity index (χ1) is 8.16. The second kappa shape index (κ2) is 9.02. The maximum absolute atomic E-state index is 11.5. The molecule has 0 heterocycles. The van der Waals surface area contributed by atoms with Crippen LogP contribution in [0.3, 0.4) is 0 Å². The minimum Gasteiger partial charge on any atom is -1.00 e. The summed E-state index contributed by atoms with van der Waals surface area (Å²) in [5, 5.41) is 0. The van der Waals surface area contributed by atoms with Crippen molar-refractivity contribution < 1.29 is 78.8 Å². The Morgan fingerprint density at radius 2 is 1.00 bits per heavy atom. The molecule has 0 radical (unpaired) electrons. The van der Waals surface area contributed by atoms with Gasteiger partial charge in [-0.3, -0.25) is 0 Å². The number of hydrogen-bond donors (Lipinski definition) is 0. The molecule has 0 amide bonds. The van der Waals surface area contributed by atoms with Gasteiger partial charge in [0, 0.05) is 0 Å². The van der Waals surface area contributed by atoms with Crippen LogP contribution in [0.15, 0.2) is 60.7 Å². The molecule has 0 aliphatic carbocycles. The van der Waals surface area contributed by atoms with Crippen LogP contribution in [0, 0.1) is 0 Å². The van der Waals surface area contributed by atoms with Crippen LogP contribution in [0.2, 0.25) is 0 Å². The van der Waals surface area contributed by atoms with E-state index in [1.807, 2.05) is 0 Å². The average molecular weight is 298 g/mol. The van der Waals surface area contributed by atoms with E-state index in [9.17, 15) is 8.42 Å². The van der Waals surface area contributed by atoms with Gasteiger partial charge in [0.25, 0.3) is 0 Å². The second-order valence-corrected chi connectivity index (χ2v) is 4.35. The Morgan fingerprint density at radius 1 is 0.684 bits per heavy atom. The summed E-state index contributed by atoms with van der Waals surface area (Å²) in [5.41, 5.74) is 0. The fraction of sp³-hybridized carbons (Fsp3) is 0. The molecule has 92 valence electrons. The molecule has 0 saturated heterocycles. The van der Waals surface area contributed by atoms with Gasteiger partial charge in [-0.05, 0) is 24.3 Å². The van der Waals surface area contributed by atoms with Gasteiger partial charge < -0.3 is 11.2 Å². The maximum atomic E-state index is 11.5.